The number of benzene rings is 9. The zero-order valence-corrected chi connectivity index (χ0v) is 32.1. The van der Waals surface area contributed by atoms with E-state index in [9.17, 15) is 5.11 Å². The van der Waals surface area contributed by atoms with Crippen molar-refractivity contribution >= 4 is 83.8 Å². The highest BCUT2D eigenvalue weighted by molar-refractivity contribution is 6.71. The molecular formula is C54H32BN2O3. The molecule has 0 saturated carbocycles. The molecule has 3 aromatic heterocycles. The van der Waals surface area contributed by atoms with E-state index in [-0.39, 0.29) is 5.75 Å². The first-order chi connectivity index (χ1) is 29.6. The predicted octanol–water partition coefficient (Wildman–Crippen LogP) is 12.6. The van der Waals surface area contributed by atoms with Crippen LogP contribution in [0.1, 0.15) is 0 Å². The van der Waals surface area contributed by atoms with Crippen LogP contribution in [0.15, 0.2) is 192 Å². The number of phenols is 1. The Kier molecular flexibility index (Phi) is 6.90. The Morgan fingerprint density at radius 3 is 1.58 bits per heavy atom. The number of fused-ring (bicyclic) bond motifs is 11. The smallest absolute Gasteiger partial charge is 0.202 e. The summed E-state index contributed by atoms with van der Waals surface area (Å²) < 4.78 is 17.7. The molecule has 13 rings (SSSR count). The van der Waals surface area contributed by atoms with Crippen molar-refractivity contribution in [2.45, 2.75) is 0 Å². The lowest BCUT2D eigenvalue weighted by molar-refractivity contribution is 0.477. The molecule has 1 N–H and O–H groups in total. The number of hydrogen-bond donors (Lipinski definition) is 1. The van der Waals surface area contributed by atoms with Gasteiger partial charge in [-0.25, -0.2) is 0 Å². The van der Waals surface area contributed by atoms with Gasteiger partial charge in [0.25, 0.3) is 0 Å². The molecule has 12 aromatic rings. The fourth-order valence-corrected chi connectivity index (χ4v) is 9.59. The third-order valence-electron chi connectivity index (χ3n) is 12.3. The Bertz CT molecular complexity index is 3650. The van der Waals surface area contributed by atoms with Crippen LogP contribution in [0.5, 0.6) is 17.2 Å². The molecule has 0 spiro atoms. The summed E-state index contributed by atoms with van der Waals surface area (Å²) in [6.45, 7) is 0. The van der Waals surface area contributed by atoms with E-state index in [4.69, 9.17) is 9.15 Å². The van der Waals surface area contributed by atoms with Gasteiger partial charge in [-0.3, -0.25) is 0 Å². The molecule has 0 fully saturated rings. The van der Waals surface area contributed by atoms with Gasteiger partial charge in [0.2, 0.25) is 7.28 Å². The van der Waals surface area contributed by atoms with E-state index in [2.05, 4.69) is 168 Å². The SMILES string of the molecule is Oc1cc(-c2ccc3oc4ccccc4c3c2)ccc1-c1cc(-n2c3ccccc3c3ccccc32)cc2c1[B]c1ccc(-n3c4ccccc4c4ccccc43)cc1O2. The highest BCUT2D eigenvalue weighted by Gasteiger charge is 2.26. The minimum atomic E-state index is 0.187. The molecule has 0 amide bonds. The normalized spacial score (nSPS) is 12.3. The largest absolute Gasteiger partial charge is 0.507 e. The van der Waals surface area contributed by atoms with Crippen LogP contribution in [0, 0.1) is 0 Å². The van der Waals surface area contributed by atoms with Crippen LogP contribution >= 0.6 is 0 Å². The Morgan fingerprint density at radius 1 is 0.400 bits per heavy atom. The average molecular weight is 768 g/mol. The second kappa shape index (κ2) is 12.5. The van der Waals surface area contributed by atoms with Gasteiger partial charge in [-0.1, -0.05) is 115 Å². The van der Waals surface area contributed by atoms with Crippen molar-refractivity contribution < 1.29 is 14.3 Å². The van der Waals surface area contributed by atoms with Crippen LogP contribution in [0.2, 0.25) is 0 Å². The van der Waals surface area contributed by atoms with Crippen molar-refractivity contribution in [3.05, 3.63) is 188 Å². The summed E-state index contributed by atoms with van der Waals surface area (Å²) in [4.78, 5) is 0. The van der Waals surface area contributed by atoms with E-state index >= 15 is 0 Å². The number of rotatable bonds is 4. The minimum absolute atomic E-state index is 0.187. The second-order valence-corrected chi connectivity index (χ2v) is 15.7. The highest BCUT2D eigenvalue weighted by atomic mass is 16.5. The Balaban J connectivity index is 0.986. The van der Waals surface area contributed by atoms with Crippen molar-refractivity contribution in [2.24, 2.45) is 0 Å². The fourth-order valence-electron chi connectivity index (χ4n) is 9.59. The van der Waals surface area contributed by atoms with Gasteiger partial charge in [-0.05, 0) is 88.3 Å². The minimum Gasteiger partial charge on any atom is -0.507 e. The number of nitrogens with zero attached hydrogens (tertiary/aromatic N) is 2. The number of aromatic nitrogens is 2. The maximum atomic E-state index is 12.0. The van der Waals surface area contributed by atoms with Crippen molar-refractivity contribution in [2.75, 3.05) is 0 Å². The zero-order valence-electron chi connectivity index (χ0n) is 32.1. The summed E-state index contributed by atoms with van der Waals surface area (Å²) in [6.07, 6.45) is 0. The molecule has 5 nitrogen and oxygen atoms in total. The maximum absolute atomic E-state index is 12.0. The number of para-hydroxylation sites is 5. The maximum Gasteiger partial charge on any atom is 0.202 e. The van der Waals surface area contributed by atoms with Crippen LogP contribution in [0.3, 0.4) is 0 Å². The molecule has 0 aliphatic carbocycles. The standard InChI is InChI=1S/C54H32BN2O3/c58-49-28-33(32-22-26-51-42(27-32)41-15-5-10-20-50(41)59-51)21-24-40(49)43-29-35(57-47-18-8-3-13-38(47)39-14-4-9-19-48(39)57)31-53-54(43)55-44-25-23-34(30-52(44)60-53)56-45-16-6-1-11-36(45)37-12-2-7-17-46(37)56/h1-31,58H. The monoisotopic (exact) mass is 767 g/mol. The van der Waals surface area contributed by atoms with Crippen LogP contribution in [0.25, 0.3) is 99.2 Å². The number of furan rings is 1. The molecule has 0 saturated heterocycles. The molecule has 0 bridgehead atoms. The topological polar surface area (TPSA) is 52.5 Å². The number of hydrogen-bond acceptors (Lipinski definition) is 3. The number of phenolic OH excluding ortho intramolecular Hbond substituents is 1. The molecule has 1 radical (unpaired) electrons. The number of ether oxygens (including phenoxy) is 1. The predicted molar refractivity (Wildman–Crippen MR) is 246 cm³/mol. The second-order valence-electron chi connectivity index (χ2n) is 15.7. The van der Waals surface area contributed by atoms with Crippen LogP contribution in [0.4, 0.5) is 0 Å². The van der Waals surface area contributed by atoms with Crippen LogP contribution in [-0.2, 0) is 0 Å². The summed E-state index contributed by atoms with van der Waals surface area (Å²) in [5.41, 5.74) is 13.5. The first-order valence-electron chi connectivity index (χ1n) is 20.2. The van der Waals surface area contributed by atoms with Gasteiger partial charge in [0.15, 0.2) is 0 Å². The Hall–Kier alpha value is -7.96. The molecule has 0 unspecified atom stereocenters. The van der Waals surface area contributed by atoms with Gasteiger partial charge in [-0.2, -0.15) is 0 Å². The average Bonchev–Trinajstić information content (AvgIpc) is 3.95. The van der Waals surface area contributed by atoms with E-state index < -0.39 is 0 Å². The van der Waals surface area contributed by atoms with Crippen molar-refractivity contribution in [1.29, 1.82) is 0 Å². The molecule has 0 atom stereocenters. The highest BCUT2D eigenvalue weighted by Crippen LogP contribution is 2.41. The van der Waals surface area contributed by atoms with Gasteiger partial charge in [-0.15, -0.1) is 0 Å². The molecule has 1 aliphatic rings. The summed E-state index contributed by atoms with van der Waals surface area (Å²) in [6, 6.07) is 65.2. The first kappa shape index (κ1) is 33.1. The fraction of sp³-hybridized carbons (Fsp3) is 0. The van der Waals surface area contributed by atoms with Gasteiger partial charge in [0.05, 0.1) is 27.8 Å². The van der Waals surface area contributed by atoms with E-state index in [0.29, 0.717) is 0 Å². The zero-order chi connectivity index (χ0) is 39.5. The molecular weight excluding hydrogens is 735 g/mol. The summed E-state index contributed by atoms with van der Waals surface area (Å²) in [5, 5.41) is 18.9. The van der Waals surface area contributed by atoms with Crippen molar-refractivity contribution in [3.8, 4) is 50.9 Å². The molecule has 4 heterocycles. The lowest BCUT2D eigenvalue weighted by Crippen LogP contribution is -2.35. The third kappa shape index (κ3) is 4.82. The van der Waals surface area contributed by atoms with Crippen LogP contribution < -0.4 is 15.7 Å². The molecule has 9 aromatic carbocycles. The van der Waals surface area contributed by atoms with E-state index in [0.717, 1.165) is 100 Å². The van der Waals surface area contributed by atoms with E-state index in [1.165, 1.54) is 21.5 Å². The van der Waals surface area contributed by atoms with Crippen molar-refractivity contribution in [1.82, 2.24) is 9.13 Å². The lowest BCUT2D eigenvalue weighted by atomic mass is 9.59. The Morgan fingerprint density at radius 2 is 0.933 bits per heavy atom. The summed E-state index contributed by atoms with van der Waals surface area (Å²) in [7, 11) is 2.19. The van der Waals surface area contributed by atoms with Gasteiger partial charge >= 0.3 is 0 Å². The summed E-state index contributed by atoms with van der Waals surface area (Å²) >= 11 is 0. The quantitative estimate of drug-likeness (QED) is 0.182. The van der Waals surface area contributed by atoms with Gasteiger partial charge in [0, 0.05) is 55.7 Å². The molecule has 6 heteroatoms. The Labute approximate surface area is 344 Å². The van der Waals surface area contributed by atoms with Crippen molar-refractivity contribution in [3.63, 3.8) is 0 Å². The molecule has 60 heavy (non-hydrogen) atoms. The third-order valence-corrected chi connectivity index (χ3v) is 12.3. The number of aromatic hydroxyl groups is 1. The molecule has 279 valence electrons. The molecule has 1 aliphatic heterocycles. The summed E-state index contributed by atoms with van der Waals surface area (Å²) in [5.74, 6) is 1.68. The van der Waals surface area contributed by atoms with E-state index in [1.54, 1.807) is 0 Å². The first-order valence-corrected chi connectivity index (χ1v) is 20.2. The van der Waals surface area contributed by atoms with Crippen LogP contribution in [-0.4, -0.2) is 21.5 Å². The van der Waals surface area contributed by atoms with Gasteiger partial charge < -0.3 is 23.4 Å². The lowest BCUT2D eigenvalue weighted by Gasteiger charge is -2.25. The van der Waals surface area contributed by atoms with Gasteiger partial charge in [0.1, 0.15) is 28.4 Å². The van der Waals surface area contributed by atoms with E-state index in [1.807, 2.05) is 36.4 Å².